The van der Waals surface area contributed by atoms with Gasteiger partial charge in [0.25, 0.3) is 0 Å². The predicted molar refractivity (Wildman–Crippen MR) is 63.9 cm³/mol. The molecule has 0 atom stereocenters. The van der Waals surface area contributed by atoms with Gasteiger partial charge in [-0.2, -0.15) is 13.2 Å². The minimum Gasteiger partial charge on any atom is -0.465 e. The van der Waals surface area contributed by atoms with E-state index >= 15 is 0 Å². The quantitative estimate of drug-likeness (QED) is 0.811. The van der Waals surface area contributed by atoms with E-state index in [1.165, 1.54) is 9.80 Å². The van der Waals surface area contributed by atoms with E-state index in [-0.39, 0.29) is 39.3 Å². The molecular weight excluding hydrogens is 295 g/mol. The highest BCUT2D eigenvalue weighted by Crippen LogP contribution is 2.18. The van der Waals surface area contributed by atoms with Crippen LogP contribution in [-0.2, 0) is 4.74 Å². The molecule has 7 nitrogen and oxygen atoms in total. The molecule has 0 radical (unpaired) electrons. The van der Waals surface area contributed by atoms with Crippen LogP contribution < -0.4 is 0 Å². The summed E-state index contributed by atoms with van der Waals surface area (Å²) in [6, 6.07) is 0. The van der Waals surface area contributed by atoms with Crippen molar-refractivity contribution in [1.29, 1.82) is 0 Å². The number of likely N-dealkylation sites (tertiary alicyclic amines) is 1. The van der Waals surface area contributed by atoms with Crippen molar-refractivity contribution in [1.82, 2.24) is 14.7 Å². The Morgan fingerprint density at radius 1 is 1.10 bits per heavy atom. The van der Waals surface area contributed by atoms with Crippen LogP contribution >= 0.6 is 0 Å². The number of halogens is 3. The lowest BCUT2D eigenvalue weighted by atomic mass is 10.2. The molecule has 0 aromatic carbocycles. The molecule has 2 rings (SSSR count). The smallest absolute Gasteiger partial charge is 0.410 e. The second-order valence-electron chi connectivity index (χ2n) is 5.07. The Kier molecular flexibility index (Phi) is 4.45. The molecule has 21 heavy (non-hydrogen) atoms. The molecular formula is C11H16F3N3O4. The summed E-state index contributed by atoms with van der Waals surface area (Å²) in [6.45, 7) is -0.0913. The Morgan fingerprint density at radius 3 is 2.14 bits per heavy atom. The summed E-state index contributed by atoms with van der Waals surface area (Å²) < 4.78 is 41.8. The number of alkyl halides is 3. The van der Waals surface area contributed by atoms with Gasteiger partial charge in [-0.3, -0.25) is 4.90 Å². The van der Waals surface area contributed by atoms with Gasteiger partial charge in [0, 0.05) is 26.2 Å². The lowest BCUT2D eigenvalue weighted by Gasteiger charge is -2.39. The third-order valence-corrected chi connectivity index (χ3v) is 3.42. The number of rotatable bonds is 2. The summed E-state index contributed by atoms with van der Waals surface area (Å²) in [4.78, 5) is 26.0. The van der Waals surface area contributed by atoms with Crippen LogP contribution in [0.2, 0.25) is 0 Å². The zero-order chi connectivity index (χ0) is 15.6. The molecule has 2 saturated heterocycles. The van der Waals surface area contributed by atoms with E-state index in [0.717, 1.165) is 4.90 Å². The number of piperazine rings is 1. The number of carboxylic acid groups (broad SMARTS) is 1. The normalized spacial score (nSPS) is 21.1. The highest BCUT2D eigenvalue weighted by atomic mass is 19.4. The lowest BCUT2D eigenvalue weighted by molar-refractivity contribution is -0.148. The van der Waals surface area contributed by atoms with E-state index in [2.05, 4.69) is 0 Å². The third-order valence-electron chi connectivity index (χ3n) is 3.42. The molecule has 0 unspecified atom stereocenters. The standard InChI is InChI=1S/C11H16F3N3O4/c12-11(13,14)7-15-1-3-16(4-2-15)10(20)21-8-5-17(6-8)9(18)19/h8H,1-7H2,(H,18,19). The Balaban J connectivity index is 1.68. The van der Waals surface area contributed by atoms with Crippen LogP contribution in [0.1, 0.15) is 0 Å². The van der Waals surface area contributed by atoms with E-state index in [1.54, 1.807) is 0 Å². The van der Waals surface area contributed by atoms with E-state index in [4.69, 9.17) is 9.84 Å². The number of carbonyl (C=O) groups excluding carboxylic acids is 1. The first-order valence-electron chi connectivity index (χ1n) is 6.47. The lowest BCUT2D eigenvalue weighted by Crippen LogP contribution is -2.57. The molecule has 2 fully saturated rings. The van der Waals surface area contributed by atoms with Gasteiger partial charge < -0.3 is 19.6 Å². The number of ether oxygens (including phenoxy) is 1. The molecule has 0 aromatic heterocycles. The van der Waals surface area contributed by atoms with Crippen molar-refractivity contribution in [3.63, 3.8) is 0 Å². The minimum atomic E-state index is -4.24. The highest BCUT2D eigenvalue weighted by Gasteiger charge is 2.36. The largest absolute Gasteiger partial charge is 0.465 e. The van der Waals surface area contributed by atoms with Gasteiger partial charge in [0.2, 0.25) is 0 Å². The molecule has 2 heterocycles. The zero-order valence-corrected chi connectivity index (χ0v) is 11.2. The van der Waals surface area contributed by atoms with E-state index in [0.29, 0.717) is 0 Å². The summed E-state index contributed by atoms with van der Waals surface area (Å²) in [5, 5.41) is 8.63. The van der Waals surface area contributed by atoms with Crippen molar-refractivity contribution in [3.8, 4) is 0 Å². The first kappa shape index (κ1) is 15.7. The molecule has 0 saturated carbocycles. The van der Waals surface area contributed by atoms with Gasteiger partial charge in [0.15, 0.2) is 0 Å². The second kappa shape index (κ2) is 5.96. The SMILES string of the molecule is O=C(O)N1CC(OC(=O)N2CCN(CC(F)(F)F)CC2)C1. The highest BCUT2D eigenvalue weighted by molar-refractivity contribution is 5.69. The average Bonchev–Trinajstić information content (AvgIpc) is 2.31. The van der Waals surface area contributed by atoms with Crippen molar-refractivity contribution in [2.24, 2.45) is 0 Å². The van der Waals surface area contributed by atoms with Gasteiger partial charge in [-0.05, 0) is 0 Å². The maximum absolute atomic E-state index is 12.2. The molecule has 0 bridgehead atoms. The topological polar surface area (TPSA) is 73.3 Å². The molecule has 10 heteroatoms. The fourth-order valence-electron chi connectivity index (χ4n) is 2.23. The van der Waals surface area contributed by atoms with E-state index < -0.39 is 31.0 Å². The van der Waals surface area contributed by atoms with Gasteiger partial charge >= 0.3 is 18.4 Å². The molecule has 0 aromatic rings. The number of amides is 2. The van der Waals surface area contributed by atoms with Crippen LogP contribution in [0.5, 0.6) is 0 Å². The number of nitrogens with zero attached hydrogens (tertiary/aromatic N) is 3. The Hall–Kier alpha value is -1.71. The van der Waals surface area contributed by atoms with Crippen molar-refractivity contribution in [3.05, 3.63) is 0 Å². The molecule has 2 aliphatic heterocycles. The van der Waals surface area contributed by atoms with Crippen molar-refractivity contribution < 1.29 is 32.6 Å². The Morgan fingerprint density at radius 2 is 1.67 bits per heavy atom. The van der Waals surface area contributed by atoms with Gasteiger partial charge in [-0.1, -0.05) is 0 Å². The third kappa shape index (κ3) is 4.38. The maximum Gasteiger partial charge on any atom is 0.410 e. The monoisotopic (exact) mass is 311 g/mol. The Labute approximate surface area is 118 Å². The molecule has 2 amide bonds. The summed E-state index contributed by atoms with van der Waals surface area (Å²) in [6.07, 6.45) is -6.38. The predicted octanol–water partition coefficient (Wildman–Crippen LogP) is 0.665. The van der Waals surface area contributed by atoms with Gasteiger partial charge in [-0.25, -0.2) is 9.59 Å². The van der Waals surface area contributed by atoms with Crippen LogP contribution in [0, 0.1) is 0 Å². The van der Waals surface area contributed by atoms with Crippen LogP contribution in [-0.4, -0.2) is 90.1 Å². The van der Waals surface area contributed by atoms with Crippen molar-refractivity contribution in [2.45, 2.75) is 12.3 Å². The summed E-state index contributed by atoms with van der Waals surface area (Å²) >= 11 is 0. The molecule has 120 valence electrons. The molecule has 2 aliphatic rings. The fraction of sp³-hybridized carbons (Fsp3) is 0.818. The molecule has 1 N–H and O–H groups in total. The summed E-state index contributed by atoms with van der Waals surface area (Å²) in [5.41, 5.74) is 0. The van der Waals surface area contributed by atoms with Crippen LogP contribution in [0.15, 0.2) is 0 Å². The van der Waals surface area contributed by atoms with Crippen molar-refractivity contribution >= 4 is 12.2 Å². The Bertz CT molecular complexity index is 404. The zero-order valence-electron chi connectivity index (χ0n) is 11.2. The first-order valence-corrected chi connectivity index (χ1v) is 6.47. The number of carbonyl (C=O) groups is 2. The van der Waals surface area contributed by atoms with Crippen LogP contribution in [0.3, 0.4) is 0 Å². The summed E-state index contributed by atoms with van der Waals surface area (Å²) in [5.74, 6) is 0. The van der Waals surface area contributed by atoms with Gasteiger partial charge in [-0.15, -0.1) is 0 Å². The maximum atomic E-state index is 12.2. The summed E-state index contributed by atoms with van der Waals surface area (Å²) in [7, 11) is 0. The fourth-order valence-corrected chi connectivity index (χ4v) is 2.23. The van der Waals surface area contributed by atoms with Gasteiger partial charge in [0.1, 0.15) is 6.10 Å². The average molecular weight is 311 g/mol. The number of hydrogen-bond acceptors (Lipinski definition) is 4. The number of hydrogen-bond donors (Lipinski definition) is 1. The minimum absolute atomic E-state index is 0.134. The van der Waals surface area contributed by atoms with E-state index in [1.807, 2.05) is 0 Å². The second-order valence-corrected chi connectivity index (χ2v) is 5.07. The van der Waals surface area contributed by atoms with Gasteiger partial charge in [0.05, 0.1) is 19.6 Å². The van der Waals surface area contributed by atoms with Crippen LogP contribution in [0.25, 0.3) is 0 Å². The first-order chi connectivity index (χ1) is 9.74. The molecule has 0 spiro atoms. The van der Waals surface area contributed by atoms with E-state index in [9.17, 15) is 22.8 Å². The van der Waals surface area contributed by atoms with Crippen molar-refractivity contribution in [2.75, 3.05) is 45.8 Å². The molecule has 0 aliphatic carbocycles. The van der Waals surface area contributed by atoms with Crippen LogP contribution in [0.4, 0.5) is 22.8 Å².